The molecule has 0 aromatic carbocycles. The molecule has 3 rings (SSSR count). The van der Waals surface area contributed by atoms with Gasteiger partial charge < -0.3 is 20.6 Å². The van der Waals surface area contributed by atoms with E-state index in [9.17, 15) is 14.7 Å². The van der Waals surface area contributed by atoms with E-state index in [-0.39, 0.29) is 0 Å². The topological polar surface area (TPSA) is 145 Å². The molecule has 0 bridgehead atoms. The first-order valence-electron chi connectivity index (χ1n) is 7.92. The van der Waals surface area contributed by atoms with Crippen molar-refractivity contribution >= 4 is 17.8 Å². The van der Waals surface area contributed by atoms with Gasteiger partial charge in [-0.1, -0.05) is 12.1 Å². The summed E-state index contributed by atoms with van der Waals surface area (Å²) in [6, 6.07) is 10.9. The molecule has 9 nitrogen and oxygen atoms in total. The fourth-order valence-corrected chi connectivity index (χ4v) is 2.31. The molecule has 0 unspecified atom stereocenters. The molecular weight excluding hydrogens is 352 g/mol. The van der Waals surface area contributed by atoms with Crippen molar-refractivity contribution in [1.29, 1.82) is 0 Å². The first-order valence-corrected chi connectivity index (χ1v) is 7.92. The van der Waals surface area contributed by atoms with Crippen LogP contribution in [0.2, 0.25) is 0 Å². The molecule has 1 aliphatic heterocycles. The number of aliphatic carboxylic acids is 2. The minimum Gasteiger partial charge on any atom is -0.478 e. The zero-order chi connectivity index (χ0) is 19.7. The summed E-state index contributed by atoms with van der Waals surface area (Å²) < 4.78 is 0. The molecule has 2 aromatic rings. The maximum Gasteiger partial charge on any atom is 0.328 e. The number of pyridine rings is 2. The van der Waals surface area contributed by atoms with Crippen LogP contribution >= 0.6 is 0 Å². The van der Waals surface area contributed by atoms with Crippen LogP contribution in [0.4, 0.5) is 0 Å². The lowest BCUT2D eigenvalue weighted by atomic mass is 9.92. The highest BCUT2D eigenvalue weighted by Crippen LogP contribution is 2.28. The summed E-state index contributed by atoms with van der Waals surface area (Å²) in [5.74, 6) is -2.01. The second-order valence-electron chi connectivity index (χ2n) is 5.31. The molecule has 3 heterocycles. The molecule has 0 radical (unpaired) electrons. The second-order valence-corrected chi connectivity index (χ2v) is 5.31. The molecule has 0 atom stereocenters. The third-order valence-corrected chi connectivity index (χ3v) is 3.46. The molecule has 0 aliphatic carbocycles. The molecule has 0 saturated heterocycles. The third-order valence-electron chi connectivity index (χ3n) is 3.46. The second kappa shape index (κ2) is 9.20. The summed E-state index contributed by atoms with van der Waals surface area (Å²) in [7, 11) is 0. The predicted molar refractivity (Wildman–Crippen MR) is 96.2 cm³/mol. The molecule has 0 fully saturated rings. The third kappa shape index (κ3) is 5.19. The molecule has 0 saturated carbocycles. The van der Waals surface area contributed by atoms with E-state index in [4.69, 9.17) is 10.2 Å². The first kappa shape index (κ1) is 19.7. The minimum absolute atomic E-state index is 0.505. The Balaban J connectivity index is 0.000000279. The fraction of sp³-hybridized carbons (Fsp3) is 0.167. The standard InChI is InChI=1S/C14H14N4O.C4H4O4/c19-14(13-17-9-10-18-13,11-5-1-3-7-15-11)12-6-2-4-8-16-12;5-3(6)1-2-4(7)8/h1-8,19H,9-10H2,(H,17,18);1-2H,(H,5,6)(H,7,8)/b;2-1-. The number of carboxylic acids is 2. The van der Waals surface area contributed by atoms with Crippen LogP contribution in [0.25, 0.3) is 0 Å². The van der Waals surface area contributed by atoms with Crippen LogP contribution in [-0.4, -0.2) is 56.2 Å². The van der Waals surface area contributed by atoms with Gasteiger partial charge in [-0.05, 0) is 24.3 Å². The van der Waals surface area contributed by atoms with Gasteiger partial charge in [-0.2, -0.15) is 0 Å². The van der Waals surface area contributed by atoms with E-state index in [1.165, 1.54) is 0 Å². The van der Waals surface area contributed by atoms with E-state index in [0.717, 1.165) is 6.54 Å². The Morgan fingerprint density at radius 3 is 1.81 bits per heavy atom. The lowest BCUT2D eigenvalue weighted by Crippen LogP contribution is -2.44. The van der Waals surface area contributed by atoms with E-state index in [1.807, 2.05) is 24.3 Å². The highest BCUT2D eigenvalue weighted by Gasteiger charge is 2.41. The Kier molecular flexibility index (Phi) is 6.73. The van der Waals surface area contributed by atoms with Gasteiger partial charge in [-0.25, -0.2) is 9.59 Å². The maximum atomic E-state index is 11.1. The summed E-state index contributed by atoms with van der Waals surface area (Å²) in [5.41, 5.74) is -0.386. The van der Waals surface area contributed by atoms with E-state index in [1.54, 1.807) is 24.5 Å². The van der Waals surface area contributed by atoms with Crippen molar-refractivity contribution in [1.82, 2.24) is 15.3 Å². The molecule has 2 aromatic heterocycles. The largest absolute Gasteiger partial charge is 0.478 e. The number of aromatic nitrogens is 2. The number of rotatable bonds is 5. The monoisotopic (exact) mass is 370 g/mol. The smallest absolute Gasteiger partial charge is 0.328 e. The molecule has 0 spiro atoms. The fourth-order valence-electron chi connectivity index (χ4n) is 2.31. The zero-order valence-corrected chi connectivity index (χ0v) is 14.2. The molecule has 4 N–H and O–H groups in total. The molecule has 9 heteroatoms. The van der Waals surface area contributed by atoms with Gasteiger partial charge in [-0.15, -0.1) is 0 Å². The van der Waals surface area contributed by atoms with Gasteiger partial charge in [0.15, 0.2) is 0 Å². The van der Waals surface area contributed by atoms with Crippen molar-refractivity contribution in [3.63, 3.8) is 0 Å². The van der Waals surface area contributed by atoms with Gasteiger partial charge >= 0.3 is 11.9 Å². The van der Waals surface area contributed by atoms with Gasteiger partial charge in [0.05, 0.1) is 17.9 Å². The Morgan fingerprint density at radius 2 is 1.48 bits per heavy atom. The minimum atomic E-state index is -1.42. The summed E-state index contributed by atoms with van der Waals surface area (Å²) in [6.45, 7) is 1.37. The summed E-state index contributed by atoms with van der Waals surface area (Å²) in [4.78, 5) is 32.0. The van der Waals surface area contributed by atoms with E-state index in [2.05, 4.69) is 20.3 Å². The predicted octanol–water partition coefficient (Wildman–Crippen LogP) is 0.426. The Morgan fingerprint density at radius 1 is 0.963 bits per heavy atom. The normalized spacial score (nSPS) is 13.3. The van der Waals surface area contributed by atoms with Crippen molar-refractivity contribution in [2.75, 3.05) is 13.1 Å². The maximum absolute atomic E-state index is 11.1. The molecule has 27 heavy (non-hydrogen) atoms. The van der Waals surface area contributed by atoms with E-state index < -0.39 is 17.5 Å². The Bertz CT molecular complexity index is 782. The average Bonchev–Trinajstić information content (AvgIpc) is 3.23. The van der Waals surface area contributed by atoms with Crippen LogP contribution in [0.3, 0.4) is 0 Å². The van der Waals surface area contributed by atoms with Crippen LogP contribution in [-0.2, 0) is 15.2 Å². The van der Waals surface area contributed by atoms with Crippen LogP contribution in [0.1, 0.15) is 11.4 Å². The molecule has 140 valence electrons. The number of carboxylic acid groups (broad SMARTS) is 2. The zero-order valence-electron chi connectivity index (χ0n) is 14.2. The highest BCUT2D eigenvalue weighted by molar-refractivity contribution is 5.94. The van der Waals surface area contributed by atoms with Crippen LogP contribution < -0.4 is 5.32 Å². The molecule has 1 aliphatic rings. The van der Waals surface area contributed by atoms with Gasteiger partial charge in [0.1, 0.15) is 5.84 Å². The van der Waals surface area contributed by atoms with Crippen LogP contribution in [0.5, 0.6) is 0 Å². The first-order chi connectivity index (χ1) is 12.9. The average molecular weight is 370 g/mol. The molecule has 0 amide bonds. The number of carbonyl (C=O) groups is 2. The molecular formula is C18H18N4O5. The van der Waals surface area contributed by atoms with E-state index >= 15 is 0 Å². The number of nitrogens with one attached hydrogen (secondary N) is 1. The summed E-state index contributed by atoms with van der Waals surface area (Å²) in [6.07, 6.45) is 4.42. The SMILES string of the molecule is O=C(O)/C=C\C(=O)O.OC(C1=NCCN1)(c1ccccn1)c1ccccn1. The highest BCUT2D eigenvalue weighted by atomic mass is 16.4. The number of amidine groups is 1. The number of hydrogen-bond acceptors (Lipinski definition) is 7. The van der Waals surface area contributed by atoms with Gasteiger partial charge in [0, 0.05) is 31.1 Å². The quantitative estimate of drug-likeness (QED) is 0.554. The lowest BCUT2D eigenvalue weighted by molar-refractivity contribution is -0.134. The Hall–Kier alpha value is -3.59. The van der Waals surface area contributed by atoms with Crippen molar-refractivity contribution in [2.24, 2.45) is 4.99 Å². The van der Waals surface area contributed by atoms with Crippen LogP contribution in [0, 0.1) is 0 Å². The lowest BCUT2D eigenvalue weighted by Gasteiger charge is -2.27. The van der Waals surface area contributed by atoms with Gasteiger partial charge in [0.2, 0.25) is 5.60 Å². The van der Waals surface area contributed by atoms with Crippen molar-refractivity contribution in [3.05, 3.63) is 72.3 Å². The van der Waals surface area contributed by atoms with Crippen molar-refractivity contribution < 1.29 is 24.9 Å². The number of aliphatic imine (C=N–C) groups is 1. The van der Waals surface area contributed by atoms with E-state index in [0.29, 0.717) is 35.9 Å². The number of nitrogens with zero attached hydrogens (tertiary/aromatic N) is 3. The van der Waals surface area contributed by atoms with Crippen molar-refractivity contribution in [2.45, 2.75) is 5.60 Å². The van der Waals surface area contributed by atoms with Crippen LogP contribution in [0.15, 0.2) is 65.9 Å². The number of hydrogen-bond donors (Lipinski definition) is 4. The summed E-state index contributed by atoms with van der Waals surface area (Å²) >= 11 is 0. The summed E-state index contributed by atoms with van der Waals surface area (Å²) in [5, 5.41) is 29.9. The van der Waals surface area contributed by atoms with Gasteiger partial charge in [-0.3, -0.25) is 15.0 Å². The van der Waals surface area contributed by atoms with Gasteiger partial charge in [0.25, 0.3) is 0 Å². The number of aliphatic hydroxyl groups is 1. The Labute approximate surface area is 154 Å². The van der Waals surface area contributed by atoms with Crippen molar-refractivity contribution in [3.8, 4) is 0 Å².